The lowest BCUT2D eigenvalue weighted by atomic mass is 9.92. The van der Waals surface area contributed by atoms with Crippen molar-refractivity contribution in [2.75, 3.05) is 25.6 Å². The second-order valence-electron chi connectivity index (χ2n) is 8.04. The van der Waals surface area contributed by atoms with Gasteiger partial charge in [0, 0.05) is 44.3 Å². The third kappa shape index (κ3) is 4.04. The van der Waals surface area contributed by atoms with Gasteiger partial charge in [0.25, 0.3) is 12.3 Å². The Hall–Kier alpha value is -2.72. The molecule has 0 unspecified atom stereocenters. The lowest BCUT2D eigenvalue weighted by Gasteiger charge is -2.37. The first-order chi connectivity index (χ1) is 15.4. The monoisotopic (exact) mass is 450 g/mol. The number of amides is 1. The van der Waals surface area contributed by atoms with Crippen LogP contribution in [-0.4, -0.2) is 46.7 Å². The van der Waals surface area contributed by atoms with E-state index in [2.05, 4.69) is 15.3 Å². The number of alkyl halides is 2. The lowest BCUT2D eigenvalue weighted by molar-refractivity contribution is -0.167. The maximum Gasteiger partial charge on any atom is 0.266 e. The fourth-order valence-electron chi connectivity index (χ4n) is 4.30. The zero-order chi connectivity index (χ0) is 22.9. The summed E-state index contributed by atoms with van der Waals surface area (Å²) in [6.45, 7) is 3.15. The van der Waals surface area contributed by atoms with E-state index < -0.39 is 29.4 Å². The average molecular weight is 450 g/mol. The van der Waals surface area contributed by atoms with Crippen LogP contribution in [0.4, 0.5) is 19.0 Å². The molecular weight excluding hydrogens is 425 g/mol. The van der Waals surface area contributed by atoms with E-state index >= 15 is 0 Å². The third-order valence-electron chi connectivity index (χ3n) is 6.21. The number of carbonyl (C=O) groups is 1. The highest BCUT2D eigenvalue weighted by molar-refractivity contribution is 5.86. The average Bonchev–Trinajstić information content (AvgIpc) is 3.24. The topological polar surface area (TPSA) is 76.6 Å². The molecular formula is C22H25F3N4O3. The number of methoxy groups -OCH3 is 1. The molecule has 0 radical (unpaired) electrons. The maximum atomic E-state index is 14.6. The number of benzene rings is 1. The van der Waals surface area contributed by atoms with Crippen molar-refractivity contribution in [3.05, 3.63) is 52.7 Å². The van der Waals surface area contributed by atoms with Crippen LogP contribution in [0.5, 0.6) is 0 Å². The molecule has 4 rings (SSSR count). The summed E-state index contributed by atoms with van der Waals surface area (Å²) in [5.41, 5.74) is -0.0450. The standard InChI is InChI=1S/C22H25F3N4O3/c1-13(14-4-3-5-15(18(14)23)19(24)25)28-20-16-10-29(11-17(16)26-12-27-20)21(30)22(31-2)6-8-32-9-7-22/h3-5,12-13,19H,6-11H2,1-2H3,(H,26,27,28)/t13-/m1/s1. The van der Waals surface area contributed by atoms with Gasteiger partial charge in [0.15, 0.2) is 5.60 Å². The molecule has 1 aromatic carbocycles. The zero-order valence-corrected chi connectivity index (χ0v) is 17.9. The molecule has 2 aliphatic heterocycles. The molecule has 2 aromatic rings. The minimum atomic E-state index is -2.90. The van der Waals surface area contributed by atoms with E-state index in [1.165, 1.54) is 25.6 Å². The smallest absolute Gasteiger partial charge is 0.266 e. The quantitative estimate of drug-likeness (QED) is 0.722. The van der Waals surface area contributed by atoms with Gasteiger partial charge in [0.2, 0.25) is 0 Å². The molecule has 2 aliphatic rings. The van der Waals surface area contributed by atoms with Crippen molar-refractivity contribution in [3.63, 3.8) is 0 Å². The van der Waals surface area contributed by atoms with E-state index in [1.54, 1.807) is 11.8 Å². The normalized spacial score (nSPS) is 18.5. The van der Waals surface area contributed by atoms with Gasteiger partial charge in [-0.25, -0.2) is 23.1 Å². The van der Waals surface area contributed by atoms with E-state index in [0.717, 1.165) is 11.6 Å². The van der Waals surface area contributed by atoms with E-state index in [0.29, 0.717) is 44.1 Å². The van der Waals surface area contributed by atoms with Crippen LogP contribution >= 0.6 is 0 Å². The molecule has 172 valence electrons. The Morgan fingerprint density at radius 2 is 1.94 bits per heavy atom. The van der Waals surface area contributed by atoms with Gasteiger partial charge in [-0.1, -0.05) is 18.2 Å². The molecule has 7 nitrogen and oxygen atoms in total. The first kappa shape index (κ1) is 22.5. The summed E-state index contributed by atoms with van der Waals surface area (Å²) in [6, 6.07) is 3.31. The van der Waals surface area contributed by atoms with Gasteiger partial charge in [-0.05, 0) is 6.92 Å². The van der Waals surface area contributed by atoms with Crippen LogP contribution in [-0.2, 0) is 27.4 Å². The van der Waals surface area contributed by atoms with Gasteiger partial charge in [-0.15, -0.1) is 0 Å². The maximum absolute atomic E-state index is 14.6. The summed E-state index contributed by atoms with van der Waals surface area (Å²) >= 11 is 0. The van der Waals surface area contributed by atoms with E-state index in [1.807, 2.05) is 0 Å². The molecule has 1 atom stereocenters. The van der Waals surface area contributed by atoms with Crippen LogP contribution in [0.1, 0.15) is 54.6 Å². The number of nitrogens with one attached hydrogen (secondary N) is 1. The number of aromatic nitrogens is 2. The summed E-state index contributed by atoms with van der Waals surface area (Å²) in [4.78, 5) is 23.5. The Morgan fingerprint density at radius 1 is 1.22 bits per heavy atom. The van der Waals surface area contributed by atoms with Gasteiger partial charge in [0.1, 0.15) is 18.0 Å². The van der Waals surface area contributed by atoms with Gasteiger partial charge in [-0.3, -0.25) is 4.79 Å². The molecule has 0 spiro atoms. The predicted molar refractivity (Wildman–Crippen MR) is 109 cm³/mol. The van der Waals surface area contributed by atoms with Crippen molar-refractivity contribution >= 4 is 11.7 Å². The largest absolute Gasteiger partial charge is 0.381 e. The first-order valence-corrected chi connectivity index (χ1v) is 10.4. The predicted octanol–water partition coefficient (Wildman–Crippen LogP) is 3.76. The minimum absolute atomic E-state index is 0.113. The van der Waals surface area contributed by atoms with Crippen molar-refractivity contribution in [1.29, 1.82) is 0 Å². The first-order valence-electron chi connectivity index (χ1n) is 10.4. The summed E-state index contributed by atoms with van der Waals surface area (Å²) < 4.78 is 51.7. The van der Waals surface area contributed by atoms with Crippen molar-refractivity contribution in [1.82, 2.24) is 14.9 Å². The summed E-state index contributed by atoms with van der Waals surface area (Å²) in [5.74, 6) is -0.624. The Bertz CT molecular complexity index is 998. The van der Waals surface area contributed by atoms with Crippen LogP contribution in [0, 0.1) is 5.82 Å². The highest BCUT2D eigenvalue weighted by Gasteiger charge is 2.44. The van der Waals surface area contributed by atoms with Crippen LogP contribution < -0.4 is 5.32 Å². The fraction of sp³-hybridized carbons (Fsp3) is 0.500. The van der Waals surface area contributed by atoms with E-state index in [4.69, 9.17) is 9.47 Å². The summed E-state index contributed by atoms with van der Waals surface area (Å²) in [5, 5.41) is 3.10. The van der Waals surface area contributed by atoms with Crippen LogP contribution in [0.3, 0.4) is 0 Å². The van der Waals surface area contributed by atoms with Crippen molar-refractivity contribution in [3.8, 4) is 0 Å². The molecule has 32 heavy (non-hydrogen) atoms. The molecule has 1 fully saturated rings. The number of fused-ring (bicyclic) bond motifs is 1. The van der Waals surface area contributed by atoms with E-state index in [9.17, 15) is 18.0 Å². The van der Waals surface area contributed by atoms with Gasteiger partial charge < -0.3 is 19.7 Å². The highest BCUT2D eigenvalue weighted by atomic mass is 19.3. The SMILES string of the molecule is COC1(C(=O)N2Cc3ncnc(N[C@H](C)c4cccc(C(F)F)c4F)c3C2)CCOCC1. The molecule has 0 saturated carbocycles. The number of nitrogens with zero attached hydrogens (tertiary/aromatic N) is 3. The molecule has 1 saturated heterocycles. The molecule has 1 amide bonds. The highest BCUT2D eigenvalue weighted by Crippen LogP contribution is 2.34. The molecule has 3 heterocycles. The number of hydrogen-bond acceptors (Lipinski definition) is 6. The minimum Gasteiger partial charge on any atom is -0.381 e. The number of anilines is 1. The van der Waals surface area contributed by atoms with Gasteiger partial charge in [0.05, 0.1) is 30.4 Å². The third-order valence-corrected chi connectivity index (χ3v) is 6.21. The molecule has 10 heteroatoms. The van der Waals surface area contributed by atoms with Crippen LogP contribution in [0.2, 0.25) is 0 Å². The van der Waals surface area contributed by atoms with Crippen molar-refractivity contribution in [2.24, 2.45) is 0 Å². The lowest BCUT2D eigenvalue weighted by Crippen LogP contribution is -2.51. The second-order valence-corrected chi connectivity index (χ2v) is 8.04. The van der Waals surface area contributed by atoms with Gasteiger partial charge >= 0.3 is 0 Å². The number of ether oxygens (including phenoxy) is 2. The Morgan fingerprint density at radius 3 is 2.62 bits per heavy atom. The number of halogens is 3. The Labute approximate surface area is 183 Å². The van der Waals surface area contributed by atoms with Crippen LogP contribution in [0.15, 0.2) is 24.5 Å². The van der Waals surface area contributed by atoms with Crippen LogP contribution in [0.25, 0.3) is 0 Å². The van der Waals surface area contributed by atoms with E-state index in [-0.39, 0.29) is 18.0 Å². The summed E-state index contributed by atoms with van der Waals surface area (Å²) in [6.07, 6.45) is -0.580. The van der Waals surface area contributed by atoms with Crippen molar-refractivity contribution in [2.45, 2.75) is 50.9 Å². The van der Waals surface area contributed by atoms with Gasteiger partial charge in [-0.2, -0.15) is 0 Å². The fourth-order valence-corrected chi connectivity index (χ4v) is 4.30. The Balaban J connectivity index is 1.54. The second kappa shape index (κ2) is 9.03. The molecule has 0 aliphatic carbocycles. The van der Waals surface area contributed by atoms with Crippen molar-refractivity contribution < 1.29 is 27.4 Å². The summed E-state index contributed by atoms with van der Waals surface area (Å²) in [7, 11) is 1.53. The number of rotatable bonds is 6. The number of hydrogen-bond donors (Lipinski definition) is 1. The Kier molecular flexibility index (Phi) is 6.34. The number of carbonyl (C=O) groups excluding carboxylic acids is 1. The zero-order valence-electron chi connectivity index (χ0n) is 17.9. The molecule has 1 aromatic heterocycles. The molecule has 0 bridgehead atoms. The molecule has 1 N–H and O–H groups in total.